The molecule has 0 radical (unpaired) electrons. The smallest absolute Gasteiger partial charge is 0.263 e. The van der Waals surface area contributed by atoms with Crippen LogP contribution < -0.4 is 5.32 Å². The average molecular weight is 493 g/mol. The number of carbonyl (C=O) groups is 2. The normalized spacial score (nSPS) is 15.6. The molecule has 0 saturated carbocycles. The SMILES string of the molecule is CC(=O)Nc1nonc1-n1nnc(C2=NN(C(C)=O)[C@H](c3cc(Br)ccc3F)O2)c1C. The van der Waals surface area contributed by atoms with Crippen LogP contribution in [0, 0.1) is 12.7 Å². The Morgan fingerprint density at radius 3 is 2.74 bits per heavy atom. The molecule has 0 saturated heterocycles. The predicted octanol–water partition coefficient (Wildman–Crippen LogP) is 2.06. The summed E-state index contributed by atoms with van der Waals surface area (Å²) < 4.78 is 26.8. The van der Waals surface area contributed by atoms with Gasteiger partial charge in [0.1, 0.15) is 5.82 Å². The molecule has 3 aromatic rings. The van der Waals surface area contributed by atoms with Crippen molar-refractivity contribution in [2.75, 3.05) is 5.32 Å². The number of ether oxygens (including phenoxy) is 1. The number of rotatable bonds is 4. The molecule has 14 heteroatoms. The van der Waals surface area contributed by atoms with Crippen molar-refractivity contribution in [1.29, 1.82) is 0 Å². The van der Waals surface area contributed by atoms with Gasteiger partial charge in [0, 0.05) is 18.3 Å². The molecule has 0 aliphatic carbocycles. The quantitative estimate of drug-likeness (QED) is 0.583. The van der Waals surface area contributed by atoms with Crippen LogP contribution in [0.1, 0.15) is 37.0 Å². The molecular formula is C17H14BrFN8O4. The molecule has 1 aliphatic rings. The third-order valence-corrected chi connectivity index (χ3v) is 4.75. The van der Waals surface area contributed by atoms with E-state index in [1.54, 1.807) is 6.92 Å². The topological polar surface area (TPSA) is 141 Å². The Balaban J connectivity index is 1.70. The highest BCUT2D eigenvalue weighted by molar-refractivity contribution is 9.10. The van der Waals surface area contributed by atoms with E-state index in [2.05, 4.69) is 51.6 Å². The molecule has 0 bridgehead atoms. The molecule has 2 aromatic heterocycles. The molecule has 4 rings (SSSR count). The molecule has 12 nitrogen and oxygen atoms in total. The first-order valence-electron chi connectivity index (χ1n) is 8.79. The third kappa shape index (κ3) is 3.76. The number of anilines is 1. The molecule has 2 amide bonds. The van der Waals surface area contributed by atoms with E-state index in [1.165, 1.54) is 36.7 Å². The molecule has 160 valence electrons. The lowest BCUT2D eigenvalue weighted by atomic mass is 10.2. The monoisotopic (exact) mass is 492 g/mol. The molecule has 0 fully saturated rings. The lowest BCUT2D eigenvalue weighted by Crippen LogP contribution is -2.26. The largest absolute Gasteiger partial charge is 0.444 e. The zero-order chi connectivity index (χ0) is 22.3. The van der Waals surface area contributed by atoms with Gasteiger partial charge in [0.2, 0.25) is 29.7 Å². The maximum Gasteiger partial charge on any atom is 0.263 e. The lowest BCUT2D eigenvalue weighted by Gasteiger charge is -2.19. The number of nitrogens with zero attached hydrogens (tertiary/aromatic N) is 7. The summed E-state index contributed by atoms with van der Waals surface area (Å²) in [7, 11) is 0. The van der Waals surface area contributed by atoms with Crippen LogP contribution in [0.2, 0.25) is 0 Å². The number of nitrogens with one attached hydrogen (secondary N) is 1. The molecule has 1 atom stereocenters. The number of benzene rings is 1. The lowest BCUT2D eigenvalue weighted by molar-refractivity contribution is -0.135. The van der Waals surface area contributed by atoms with Crippen LogP contribution >= 0.6 is 15.9 Å². The molecule has 31 heavy (non-hydrogen) atoms. The van der Waals surface area contributed by atoms with Crippen molar-refractivity contribution in [1.82, 2.24) is 30.3 Å². The van der Waals surface area contributed by atoms with E-state index in [9.17, 15) is 14.0 Å². The Hall–Kier alpha value is -3.68. The Bertz CT molecular complexity index is 1220. The Kier molecular flexibility index (Phi) is 5.22. The van der Waals surface area contributed by atoms with E-state index in [1.807, 2.05) is 0 Å². The summed E-state index contributed by atoms with van der Waals surface area (Å²) in [4.78, 5) is 23.5. The van der Waals surface area contributed by atoms with Gasteiger partial charge in [-0.1, -0.05) is 21.1 Å². The van der Waals surface area contributed by atoms with Crippen molar-refractivity contribution in [2.45, 2.75) is 27.0 Å². The first-order chi connectivity index (χ1) is 14.8. The number of aromatic nitrogens is 5. The summed E-state index contributed by atoms with van der Waals surface area (Å²) in [5, 5.41) is 23.0. The van der Waals surface area contributed by atoms with Gasteiger partial charge in [-0.25, -0.2) is 9.02 Å². The molecule has 3 heterocycles. The molecule has 0 spiro atoms. The fraction of sp³-hybridized carbons (Fsp3) is 0.235. The van der Waals surface area contributed by atoms with Crippen molar-refractivity contribution in [3.8, 4) is 5.82 Å². The van der Waals surface area contributed by atoms with Crippen molar-refractivity contribution < 1.29 is 23.3 Å². The Morgan fingerprint density at radius 1 is 1.26 bits per heavy atom. The van der Waals surface area contributed by atoms with Gasteiger partial charge in [-0.2, -0.15) is 9.69 Å². The summed E-state index contributed by atoms with van der Waals surface area (Å²) in [6.45, 7) is 4.22. The summed E-state index contributed by atoms with van der Waals surface area (Å²) in [5.74, 6) is -1.32. The fourth-order valence-electron chi connectivity index (χ4n) is 2.86. The highest BCUT2D eigenvalue weighted by atomic mass is 79.9. The van der Waals surface area contributed by atoms with Crippen LogP contribution in [-0.4, -0.2) is 48.0 Å². The zero-order valence-corrected chi connectivity index (χ0v) is 17.9. The van der Waals surface area contributed by atoms with Gasteiger partial charge in [-0.05, 0) is 35.4 Å². The van der Waals surface area contributed by atoms with Gasteiger partial charge in [-0.15, -0.1) is 10.2 Å². The Labute approximate surface area is 182 Å². The number of hydrazone groups is 1. The van der Waals surface area contributed by atoms with E-state index >= 15 is 0 Å². The van der Waals surface area contributed by atoms with E-state index in [4.69, 9.17) is 4.74 Å². The van der Waals surface area contributed by atoms with Crippen LogP contribution in [0.15, 0.2) is 32.4 Å². The van der Waals surface area contributed by atoms with E-state index in [-0.39, 0.29) is 34.7 Å². The minimum Gasteiger partial charge on any atom is -0.444 e. The standard InChI is InChI=1S/C17H14BrFN8O4/c1-7-13(21-25-26(7)15-14(20-8(2)28)23-31-24-15)16-22-27(9(3)29)17(30-16)11-6-10(18)4-5-12(11)19/h4-6,17H,1-3H3,(H,20,23,28)/t17-/m0/s1. The molecule has 1 aromatic carbocycles. The second-order valence-corrected chi connectivity index (χ2v) is 7.37. The number of hydrogen-bond acceptors (Lipinski definition) is 9. The first kappa shape index (κ1) is 20.6. The number of amides is 2. The summed E-state index contributed by atoms with van der Waals surface area (Å²) in [6.07, 6.45) is -1.13. The van der Waals surface area contributed by atoms with Gasteiger partial charge in [0.05, 0.1) is 11.3 Å². The number of halogens is 2. The van der Waals surface area contributed by atoms with Gasteiger partial charge in [0.15, 0.2) is 5.69 Å². The van der Waals surface area contributed by atoms with Crippen LogP contribution in [0.3, 0.4) is 0 Å². The van der Waals surface area contributed by atoms with Crippen LogP contribution in [-0.2, 0) is 14.3 Å². The molecule has 1 N–H and O–H groups in total. The van der Waals surface area contributed by atoms with Gasteiger partial charge >= 0.3 is 0 Å². The van der Waals surface area contributed by atoms with E-state index in [0.29, 0.717) is 10.2 Å². The van der Waals surface area contributed by atoms with E-state index in [0.717, 1.165) is 5.01 Å². The van der Waals surface area contributed by atoms with Gasteiger partial charge < -0.3 is 10.1 Å². The van der Waals surface area contributed by atoms with Crippen molar-refractivity contribution in [3.05, 3.63) is 45.4 Å². The van der Waals surface area contributed by atoms with Gasteiger partial charge in [0.25, 0.3) is 5.90 Å². The molecular weight excluding hydrogens is 479 g/mol. The highest BCUT2D eigenvalue weighted by Gasteiger charge is 2.37. The van der Waals surface area contributed by atoms with Gasteiger partial charge in [-0.3, -0.25) is 9.59 Å². The number of carbonyl (C=O) groups excluding carboxylic acids is 2. The molecule has 0 unspecified atom stereocenters. The van der Waals surface area contributed by atoms with Crippen molar-refractivity contribution in [3.63, 3.8) is 0 Å². The Morgan fingerprint density at radius 2 is 2.03 bits per heavy atom. The van der Waals surface area contributed by atoms with Crippen LogP contribution in [0.25, 0.3) is 5.82 Å². The van der Waals surface area contributed by atoms with Crippen LogP contribution in [0.4, 0.5) is 10.2 Å². The van der Waals surface area contributed by atoms with Crippen LogP contribution in [0.5, 0.6) is 0 Å². The maximum atomic E-state index is 14.4. The summed E-state index contributed by atoms with van der Waals surface area (Å²) >= 11 is 3.28. The summed E-state index contributed by atoms with van der Waals surface area (Å²) in [6, 6.07) is 4.28. The number of hydrogen-bond donors (Lipinski definition) is 1. The highest BCUT2D eigenvalue weighted by Crippen LogP contribution is 2.33. The van der Waals surface area contributed by atoms with Crippen molar-refractivity contribution in [2.24, 2.45) is 5.10 Å². The van der Waals surface area contributed by atoms with E-state index < -0.39 is 18.0 Å². The second kappa shape index (κ2) is 7.86. The second-order valence-electron chi connectivity index (χ2n) is 6.46. The summed E-state index contributed by atoms with van der Waals surface area (Å²) in [5.41, 5.74) is 0.697. The minimum absolute atomic E-state index is 0.0409. The zero-order valence-electron chi connectivity index (χ0n) is 16.3. The third-order valence-electron chi connectivity index (χ3n) is 4.25. The van der Waals surface area contributed by atoms with Crippen molar-refractivity contribution >= 4 is 39.5 Å². The average Bonchev–Trinajstić information content (AvgIpc) is 3.41. The fourth-order valence-corrected chi connectivity index (χ4v) is 3.24. The predicted molar refractivity (Wildman–Crippen MR) is 105 cm³/mol. The first-order valence-corrected chi connectivity index (χ1v) is 9.58. The maximum absolute atomic E-state index is 14.4. The molecule has 1 aliphatic heterocycles. The minimum atomic E-state index is -1.13.